The summed E-state index contributed by atoms with van der Waals surface area (Å²) in [5.74, 6) is -1.31. The van der Waals surface area contributed by atoms with Crippen molar-refractivity contribution in [2.24, 2.45) is 5.73 Å². The Hall–Kier alpha value is -1.14. The fraction of sp³-hybridized carbons (Fsp3) is 0.955. The molecule has 0 radical (unpaired) electrons. The molecule has 0 rings (SSSR count). The third-order valence-corrected chi connectivity index (χ3v) is 9.52. The predicted octanol–water partition coefficient (Wildman–Crippen LogP) is 13.8. The van der Waals surface area contributed by atoms with Gasteiger partial charge in [0.05, 0.1) is 0 Å². The van der Waals surface area contributed by atoms with Gasteiger partial charge in [0.1, 0.15) is 0 Å². The summed E-state index contributed by atoms with van der Waals surface area (Å²) in [6.45, 7) is 9.66. The molecule has 0 atom stereocenters. The van der Waals surface area contributed by atoms with Crippen LogP contribution in [0.3, 0.4) is 0 Å². The van der Waals surface area contributed by atoms with Crippen LogP contribution in [0.25, 0.3) is 0 Å². The molecule has 0 unspecified atom stereocenters. The number of carbonyl (C=O) groups is 2. The Labute approximate surface area is 313 Å². The number of aliphatic carboxylic acids is 2. The molecule has 302 valence electrons. The number of hydrogen-bond acceptors (Lipinski definition) is 4. The zero-order valence-electron chi connectivity index (χ0n) is 34.4. The monoisotopic (exact) mass is 713 g/mol. The molecule has 0 aromatic rings. The SMILES string of the molecule is CCCCCCCCCCCCCC(=O)O.CCCCCCCCCCCCCC(=O)O.CCCCCCCCCCCCCCNCCN. The van der Waals surface area contributed by atoms with Crippen molar-refractivity contribution in [3.05, 3.63) is 0 Å². The topological polar surface area (TPSA) is 113 Å². The number of carboxylic acids is 2. The lowest BCUT2D eigenvalue weighted by molar-refractivity contribution is -0.138. The summed E-state index contributed by atoms with van der Waals surface area (Å²) in [7, 11) is 0. The molecule has 0 fully saturated rings. The van der Waals surface area contributed by atoms with Crippen molar-refractivity contribution in [3.63, 3.8) is 0 Å². The van der Waals surface area contributed by atoms with Crippen LogP contribution in [0.1, 0.15) is 252 Å². The van der Waals surface area contributed by atoms with E-state index in [0.29, 0.717) is 12.8 Å². The van der Waals surface area contributed by atoms with Crippen LogP contribution in [0.5, 0.6) is 0 Å². The number of hydrogen-bond donors (Lipinski definition) is 4. The molecule has 0 saturated carbocycles. The van der Waals surface area contributed by atoms with Crippen molar-refractivity contribution in [2.45, 2.75) is 252 Å². The summed E-state index contributed by atoms with van der Waals surface area (Å²) in [6, 6.07) is 0. The number of rotatable bonds is 39. The molecule has 0 aromatic heterocycles. The van der Waals surface area contributed by atoms with Gasteiger partial charge in [-0.15, -0.1) is 0 Å². The van der Waals surface area contributed by atoms with Gasteiger partial charge < -0.3 is 21.3 Å². The third-order valence-electron chi connectivity index (χ3n) is 9.52. The first kappa shape index (κ1) is 53.2. The molecule has 0 amide bonds. The maximum absolute atomic E-state index is 10.3. The fourth-order valence-corrected chi connectivity index (χ4v) is 6.20. The summed E-state index contributed by atoms with van der Waals surface area (Å²) in [5.41, 5.74) is 5.41. The molecule has 0 bridgehead atoms. The first-order chi connectivity index (χ1) is 24.5. The van der Waals surface area contributed by atoms with Gasteiger partial charge in [0, 0.05) is 25.9 Å². The normalized spacial score (nSPS) is 10.7. The van der Waals surface area contributed by atoms with Crippen molar-refractivity contribution in [1.29, 1.82) is 0 Å². The van der Waals surface area contributed by atoms with Crippen molar-refractivity contribution in [3.8, 4) is 0 Å². The standard InChI is InChI=1S/C16H36N2.2C14H28O2/c1-2-3-4-5-6-7-8-9-10-11-12-13-15-18-16-14-17;2*1-2-3-4-5-6-7-8-9-10-11-12-13-14(15)16/h18H,2-17H2,1H3;2*2-13H2,1H3,(H,15,16). The Kier molecular flexibility index (Phi) is 55.6. The summed E-state index contributed by atoms with van der Waals surface area (Å²) in [4.78, 5) is 20.5. The van der Waals surface area contributed by atoms with E-state index in [9.17, 15) is 9.59 Å². The highest BCUT2D eigenvalue weighted by molar-refractivity contribution is 5.66. The first-order valence-electron chi connectivity index (χ1n) is 22.3. The number of nitrogens with one attached hydrogen (secondary N) is 1. The lowest BCUT2D eigenvalue weighted by atomic mass is 10.1. The summed E-state index contributed by atoms with van der Waals surface area (Å²) in [5, 5.41) is 20.3. The van der Waals surface area contributed by atoms with Gasteiger partial charge in [0.15, 0.2) is 0 Å². The van der Waals surface area contributed by atoms with Crippen LogP contribution >= 0.6 is 0 Å². The van der Waals surface area contributed by atoms with Gasteiger partial charge in [-0.25, -0.2) is 0 Å². The smallest absolute Gasteiger partial charge is 0.303 e. The van der Waals surface area contributed by atoms with E-state index in [1.165, 1.54) is 193 Å². The average molecular weight is 713 g/mol. The quantitative estimate of drug-likeness (QED) is 0.0472. The van der Waals surface area contributed by atoms with Gasteiger partial charge in [0.25, 0.3) is 0 Å². The van der Waals surface area contributed by atoms with Crippen molar-refractivity contribution >= 4 is 11.9 Å². The van der Waals surface area contributed by atoms with Crippen LogP contribution in [-0.4, -0.2) is 41.8 Å². The Morgan fingerprint density at radius 3 is 0.800 bits per heavy atom. The third kappa shape index (κ3) is 62.0. The minimum absolute atomic E-state index is 0.344. The first-order valence-corrected chi connectivity index (χ1v) is 22.3. The van der Waals surface area contributed by atoms with Gasteiger partial charge >= 0.3 is 11.9 Å². The average Bonchev–Trinajstić information content (AvgIpc) is 3.10. The van der Waals surface area contributed by atoms with Crippen LogP contribution in [0.15, 0.2) is 0 Å². The highest BCUT2D eigenvalue weighted by Crippen LogP contribution is 2.14. The Morgan fingerprint density at radius 2 is 0.580 bits per heavy atom. The summed E-state index contributed by atoms with van der Waals surface area (Å²) >= 11 is 0. The summed E-state index contributed by atoms with van der Waals surface area (Å²) < 4.78 is 0. The minimum Gasteiger partial charge on any atom is -0.481 e. The maximum Gasteiger partial charge on any atom is 0.303 e. The maximum atomic E-state index is 10.3. The molecular weight excluding hydrogens is 620 g/mol. The van der Waals surface area contributed by atoms with E-state index >= 15 is 0 Å². The van der Waals surface area contributed by atoms with Crippen LogP contribution in [0, 0.1) is 0 Å². The highest BCUT2D eigenvalue weighted by atomic mass is 16.4. The molecule has 0 saturated heterocycles. The Balaban J connectivity index is -0.000000664. The van der Waals surface area contributed by atoms with Crippen LogP contribution < -0.4 is 11.1 Å². The molecule has 0 aromatic carbocycles. The van der Waals surface area contributed by atoms with E-state index in [0.717, 1.165) is 45.3 Å². The lowest BCUT2D eigenvalue weighted by Crippen LogP contribution is -2.23. The number of carboxylic acid groups (broad SMARTS) is 2. The minimum atomic E-state index is -0.657. The van der Waals surface area contributed by atoms with Crippen LogP contribution in [0.2, 0.25) is 0 Å². The van der Waals surface area contributed by atoms with Gasteiger partial charge in [-0.3, -0.25) is 9.59 Å². The zero-order chi connectivity index (χ0) is 37.4. The molecule has 6 heteroatoms. The highest BCUT2D eigenvalue weighted by Gasteiger charge is 1.98. The number of unbranched alkanes of at least 4 members (excludes halogenated alkanes) is 31. The van der Waals surface area contributed by atoms with Gasteiger partial charge in [-0.2, -0.15) is 0 Å². The second kappa shape index (κ2) is 52.2. The molecule has 5 N–H and O–H groups in total. The molecule has 0 aliphatic carbocycles. The fourth-order valence-electron chi connectivity index (χ4n) is 6.20. The summed E-state index contributed by atoms with van der Waals surface area (Å²) in [6.07, 6.45) is 45.8. The van der Waals surface area contributed by atoms with E-state index in [-0.39, 0.29) is 0 Å². The van der Waals surface area contributed by atoms with Gasteiger partial charge in [-0.1, -0.05) is 220 Å². The van der Waals surface area contributed by atoms with E-state index in [4.69, 9.17) is 15.9 Å². The molecule has 0 spiro atoms. The predicted molar refractivity (Wildman–Crippen MR) is 220 cm³/mol. The van der Waals surface area contributed by atoms with E-state index in [1.807, 2.05) is 0 Å². The van der Waals surface area contributed by atoms with Crippen LogP contribution in [-0.2, 0) is 9.59 Å². The zero-order valence-corrected chi connectivity index (χ0v) is 34.4. The van der Waals surface area contributed by atoms with Crippen molar-refractivity contribution in [1.82, 2.24) is 5.32 Å². The van der Waals surface area contributed by atoms with Gasteiger partial charge in [0.2, 0.25) is 0 Å². The molecule has 0 aliphatic heterocycles. The van der Waals surface area contributed by atoms with Gasteiger partial charge in [-0.05, 0) is 25.8 Å². The molecule has 50 heavy (non-hydrogen) atoms. The largest absolute Gasteiger partial charge is 0.481 e. The van der Waals surface area contributed by atoms with E-state index < -0.39 is 11.9 Å². The second-order valence-corrected chi connectivity index (χ2v) is 14.8. The molecule has 0 aliphatic rings. The molecule has 6 nitrogen and oxygen atoms in total. The van der Waals surface area contributed by atoms with E-state index in [1.54, 1.807) is 0 Å². The van der Waals surface area contributed by atoms with E-state index in [2.05, 4.69) is 26.1 Å². The molecular formula is C44H92N2O4. The second-order valence-electron chi connectivity index (χ2n) is 14.8. The molecule has 0 heterocycles. The van der Waals surface area contributed by atoms with Crippen molar-refractivity contribution in [2.75, 3.05) is 19.6 Å². The number of nitrogens with two attached hydrogens (primary N) is 1. The van der Waals surface area contributed by atoms with Crippen molar-refractivity contribution < 1.29 is 19.8 Å². The van der Waals surface area contributed by atoms with Crippen LogP contribution in [0.4, 0.5) is 0 Å². The Morgan fingerprint density at radius 1 is 0.360 bits per heavy atom. The lowest BCUT2D eigenvalue weighted by Gasteiger charge is -2.04. The Bertz CT molecular complexity index is 565.